The fourth-order valence-corrected chi connectivity index (χ4v) is 1.02. The molecule has 2 aromatic rings. The van der Waals surface area contributed by atoms with Gasteiger partial charge in [-0.25, -0.2) is 0 Å². The second-order valence-electron chi connectivity index (χ2n) is 2.26. The quantitative estimate of drug-likeness (QED) is 0.507. The van der Waals surface area contributed by atoms with Crippen LogP contribution in [-0.4, -0.2) is 15.1 Å². The Balaban J connectivity index is 2.79. The van der Waals surface area contributed by atoms with Crippen LogP contribution in [0.25, 0.3) is 10.9 Å². The van der Waals surface area contributed by atoms with Crippen LogP contribution in [0.5, 0.6) is 0 Å². The number of hydrogen-bond acceptors (Lipinski definition) is 3. The zero-order valence-electron chi connectivity index (χ0n) is 5.94. The van der Waals surface area contributed by atoms with Gasteiger partial charge < -0.3 is 10.1 Å². The molecule has 1 aromatic carbocycles. The first kappa shape index (κ1) is 6.78. The van der Waals surface area contributed by atoms with Gasteiger partial charge in [-0.05, 0) is 11.0 Å². The normalized spacial score (nSPS) is 10.3. The van der Waals surface area contributed by atoms with Gasteiger partial charge in [0.25, 0.3) is 0 Å². The van der Waals surface area contributed by atoms with Crippen LogP contribution >= 0.6 is 0 Å². The van der Waals surface area contributed by atoms with Gasteiger partial charge in [-0.1, -0.05) is 12.1 Å². The Hall–Kier alpha value is -1.91. The fourth-order valence-electron chi connectivity index (χ4n) is 1.02. The van der Waals surface area contributed by atoms with Gasteiger partial charge in [-0.3, -0.25) is 0 Å². The smallest absolute Gasteiger partial charge is 0.358 e. The molecule has 0 aliphatic rings. The molecule has 0 saturated carbocycles. The highest BCUT2D eigenvalue weighted by atomic mass is 16.6. The minimum absolute atomic E-state index is 0.175. The van der Waals surface area contributed by atoms with E-state index >= 15 is 0 Å². The van der Waals surface area contributed by atoms with Crippen molar-refractivity contribution in [1.82, 2.24) is 10.2 Å². The number of benzene rings is 1. The first-order valence-electron chi connectivity index (χ1n) is 3.28. The van der Waals surface area contributed by atoms with Crippen LogP contribution in [0.3, 0.4) is 0 Å². The van der Waals surface area contributed by atoms with E-state index in [2.05, 4.69) is 16.3 Å². The summed E-state index contributed by atoms with van der Waals surface area (Å²) in [6, 6.07) is 7.82. The van der Waals surface area contributed by atoms with Crippen molar-refractivity contribution in [2.45, 2.75) is 0 Å². The SMILES string of the molecule is O=[N+]([O-])c1n[nH]c2ccc[c]c12. The molecule has 59 valence electrons. The summed E-state index contributed by atoms with van der Waals surface area (Å²) in [6.45, 7) is 0. The third kappa shape index (κ3) is 0.833. The number of aromatic nitrogens is 2. The number of hydrogen-bond donors (Lipinski definition) is 1. The van der Waals surface area contributed by atoms with Gasteiger partial charge in [0.15, 0.2) is 0 Å². The van der Waals surface area contributed by atoms with Gasteiger partial charge in [-0.2, -0.15) is 5.10 Å². The van der Waals surface area contributed by atoms with E-state index in [1.165, 1.54) is 0 Å². The van der Waals surface area contributed by atoms with Crippen molar-refractivity contribution in [3.63, 3.8) is 0 Å². The lowest BCUT2D eigenvalue weighted by Gasteiger charge is -1.86. The van der Waals surface area contributed by atoms with E-state index in [4.69, 9.17) is 0 Å². The van der Waals surface area contributed by atoms with Gasteiger partial charge >= 0.3 is 5.82 Å². The van der Waals surface area contributed by atoms with Crippen molar-refractivity contribution in [2.24, 2.45) is 0 Å². The first-order valence-corrected chi connectivity index (χ1v) is 3.28. The molecule has 0 fully saturated rings. The van der Waals surface area contributed by atoms with Crippen molar-refractivity contribution in [2.75, 3.05) is 0 Å². The maximum atomic E-state index is 10.4. The lowest BCUT2D eigenvalue weighted by atomic mass is 10.2. The van der Waals surface area contributed by atoms with E-state index in [1.54, 1.807) is 18.2 Å². The highest BCUT2D eigenvalue weighted by Crippen LogP contribution is 2.20. The summed E-state index contributed by atoms with van der Waals surface area (Å²) < 4.78 is 0. The number of nitrogens with one attached hydrogen (secondary N) is 1. The van der Waals surface area contributed by atoms with Crippen LogP contribution in [0.4, 0.5) is 5.82 Å². The van der Waals surface area contributed by atoms with Crippen molar-refractivity contribution in [1.29, 1.82) is 0 Å². The minimum atomic E-state index is -0.532. The number of rotatable bonds is 1. The Morgan fingerprint density at radius 2 is 2.50 bits per heavy atom. The summed E-state index contributed by atoms with van der Waals surface area (Å²) in [5.74, 6) is -0.175. The molecule has 0 unspecified atom stereocenters. The highest BCUT2D eigenvalue weighted by molar-refractivity contribution is 5.85. The maximum absolute atomic E-state index is 10.4. The summed E-state index contributed by atoms with van der Waals surface area (Å²) in [7, 11) is 0. The molecule has 0 aliphatic carbocycles. The molecule has 0 saturated heterocycles. The van der Waals surface area contributed by atoms with Gasteiger partial charge in [0.05, 0.1) is 10.6 Å². The Labute approximate surface area is 67.2 Å². The topological polar surface area (TPSA) is 71.8 Å². The van der Waals surface area contributed by atoms with Crippen LogP contribution in [0.15, 0.2) is 18.2 Å². The van der Waals surface area contributed by atoms with Gasteiger partial charge in [-0.15, -0.1) is 0 Å². The molecule has 0 aliphatic heterocycles. The predicted octanol–water partition coefficient (Wildman–Crippen LogP) is 1.27. The molecule has 0 bridgehead atoms. The molecule has 12 heavy (non-hydrogen) atoms. The highest BCUT2D eigenvalue weighted by Gasteiger charge is 2.15. The molecular weight excluding hydrogens is 158 g/mol. The minimum Gasteiger partial charge on any atom is -0.358 e. The molecule has 1 heterocycles. The molecule has 0 atom stereocenters. The summed E-state index contributed by atoms with van der Waals surface area (Å²) in [5.41, 5.74) is 0.629. The average Bonchev–Trinajstić information content (AvgIpc) is 2.47. The second kappa shape index (κ2) is 2.30. The number of H-pyrrole nitrogens is 1. The molecule has 0 amide bonds. The monoisotopic (exact) mass is 162 g/mol. The lowest BCUT2D eigenvalue weighted by Crippen LogP contribution is -1.87. The Morgan fingerprint density at radius 1 is 1.67 bits per heavy atom. The molecule has 5 nitrogen and oxygen atoms in total. The van der Waals surface area contributed by atoms with Crippen LogP contribution in [0, 0.1) is 16.2 Å². The number of fused-ring (bicyclic) bond motifs is 1. The van der Waals surface area contributed by atoms with Crippen molar-refractivity contribution < 1.29 is 4.92 Å². The Kier molecular flexibility index (Phi) is 1.30. The molecule has 2 rings (SSSR count). The molecular formula is C7H4N3O2. The van der Waals surface area contributed by atoms with Crippen LogP contribution in [-0.2, 0) is 0 Å². The van der Waals surface area contributed by atoms with Crippen molar-refractivity contribution in [3.05, 3.63) is 34.4 Å². The summed E-state index contributed by atoms with van der Waals surface area (Å²) in [5, 5.41) is 16.9. The van der Waals surface area contributed by atoms with Crippen LogP contribution in [0.2, 0.25) is 0 Å². The zero-order valence-corrected chi connectivity index (χ0v) is 5.94. The van der Waals surface area contributed by atoms with E-state index in [0.717, 1.165) is 0 Å². The molecule has 5 heteroatoms. The van der Waals surface area contributed by atoms with Gasteiger partial charge in [0.1, 0.15) is 5.39 Å². The standard InChI is InChI=1S/C7H4N3O2/c11-10(12)7-5-3-1-2-4-6(5)8-9-7/h1-2,4H,(H,8,9). The number of aromatic amines is 1. The third-order valence-electron chi connectivity index (χ3n) is 1.53. The van der Waals surface area contributed by atoms with E-state index in [1.807, 2.05) is 0 Å². The van der Waals surface area contributed by atoms with Crippen LogP contribution < -0.4 is 0 Å². The summed E-state index contributed by atoms with van der Waals surface area (Å²) in [4.78, 5) is 9.85. The maximum Gasteiger partial charge on any atom is 0.398 e. The van der Waals surface area contributed by atoms with Gasteiger partial charge in [0, 0.05) is 6.07 Å². The van der Waals surface area contributed by atoms with Crippen LogP contribution in [0.1, 0.15) is 0 Å². The molecule has 1 radical (unpaired) electrons. The second-order valence-corrected chi connectivity index (χ2v) is 2.26. The van der Waals surface area contributed by atoms with E-state index < -0.39 is 4.92 Å². The molecule has 1 N–H and O–H groups in total. The number of nitrogens with zero attached hydrogens (tertiary/aromatic N) is 2. The average molecular weight is 162 g/mol. The zero-order chi connectivity index (χ0) is 8.55. The Morgan fingerprint density at radius 3 is 3.25 bits per heavy atom. The molecule has 0 spiro atoms. The summed E-state index contributed by atoms with van der Waals surface area (Å²) >= 11 is 0. The first-order chi connectivity index (χ1) is 5.79. The summed E-state index contributed by atoms with van der Waals surface area (Å²) in [6.07, 6.45) is 0. The van der Waals surface area contributed by atoms with E-state index in [9.17, 15) is 10.1 Å². The Bertz CT molecular complexity index is 435. The largest absolute Gasteiger partial charge is 0.398 e. The van der Waals surface area contributed by atoms with E-state index in [0.29, 0.717) is 10.9 Å². The molecule has 1 aromatic heterocycles. The number of nitro groups is 1. The van der Waals surface area contributed by atoms with E-state index in [-0.39, 0.29) is 5.82 Å². The fraction of sp³-hybridized carbons (Fsp3) is 0. The predicted molar refractivity (Wildman–Crippen MR) is 41.6 cm³/mol. The van der Waals surface area contributed by atoms with Gasteiger partial charge in [0.2, 0.25) is 0 Å². The van der Waals surface area contributed by atoms with Crippen molar-refractivity contribution in [3.8, 4) is 0 Å². The lowest BCUT2D eigenvalue weighted by molar-refractivity contribution is -0.387. The third-order valence-corrected chi connectivity index (χ3v) is 1.53. The van der Waals surface area contributed by atoms with Crippen molar-refractivity contribution >= 4 is 16.7 Å².